The van der Waals surface area contributed by atoms with E-state index in [9.17, 15) is 4.79 Å². The molecule has 2 atom stereocenters. The van der Waals surface area contributed by atoms with Crippen LogP contribution >= 0.6 is 0 Å². The third-order valence-electron chi connectivity index (χ3n) is 3.21. The standard InChI is InChI=1S/C15H22N2O2/c1-12-10-17(11-13(2)19-12)15(18)8-9-16-14-6-4-3-5-7-14/h3-7,12-13,16H,8-11H2,1-2H3. The Kier molecular flexibility index (Phi) is 4.80. The van der Waals surface area contributed by atoms with Gasteiger partial charge < -0.3 is 15.0 Å². The lowest BCUT2D eigenvalue weighted by molar-refractivity contribution is -0.142. The highest BCUT2D eigenvalue weighted by atomic mass is 16.5. The van der Waals surface area contributed by atoms with Crippen molar-refractivity contribution in [1.82, 2.24) is 4.90 Å². The highest BCUT2D eigenvalue weighted by Crippen LogP contribution is 2.12. The number of anilines is 1. The van der Waals surface area contributed by atoms with E-state index in [2.05, 4.69) is 5.32 Å². The van der Waals surface area contributed by atoms with Crippen LogP contribution in [-0.2, 0) is 9.53 Å². The topological polar surface area (TPSA) is 41.6 Å². The molecule has 19 heavy (non-hydrogen) atoms. The second-order valence-electron chi connectivity index (χ2n) is 5.10. The molecular formula is C15H22N2O2. The quantitative estimate of drug-likeness (QED) is 0.903. The summed E-state index contributed by atoms with van der Waals surface area (Å²) in [5.74, 6) is 0.199. The summed E-state index contributed by atoms with van der Waals surface area (Å²) in [5, 5.41) is 3.26. The molecule has 0 aromatic heterocycles. The zero-order valence-electron chi connectivity index (χ0n) is 11.6. The first-order chi connectivity index (χ1) is 9.15. The van der Waals surface area contributed by atoms with Gasteiger partial charge in [0.05, 0.1) is 12.2 Å². The predicted octanol–water partition coefficient (Wildman–Crippen LogP) is 2.12. The number of amides is 1. The molecule has 1 aliphatic rings. The Bertz CT molecular complexity index is 398. The van der Waals surface area contributed by atoms with Gasteiger partial charge in [-0.15, -0.1) is 0 Å². The van der Waals surface area contributed by atoms with Gasteiger partial charge in [-0.3, -0.25) is 4.79 Å². The van der Waals surface area contributed by atoms with Crippen LogP contribution in [0.3, 0.4) is 0 Å². The molecule has 1 amide bonds. The van der Waals surface area contributed by atoms with Crippen LogP contribution in [-0.4, -0.2) is 42.6 Å². The van der Waals surface area contributed by atoms with E-state index in [4.69, 9.17) is 4.74 Å². The van der Waals surface area contributed by atoms with Gasteiger partial charge in [0, 0.05) is 31.7 Å². The summed E-state index contributed by atoms with van der Waals surface area (Å²) < 4.78 is 5.63. The molecule has 0 spiro atoms. The second kappa shape index (κ2) is 6.57. The highest BCUT2D eigenvalue weighted by molar-refractivity contribution is 5.77. The zero-order chi connectivity index (χ0) is 13.7. The molecule has 4 heteroatoms. The molecule has 2 unspecified atom stereocenters. The van der Waals surface area contributed by atoms with E-state index in [1.54, 1.807) is 0 Å². The first-order valence-corrected chi connectivity index (χ1v) is 6.87. The molecule has 1 heterocycles. The van der Waals surface area contributed by atoms with Gasteiger partial charge in [0.2, 0.25) is 5.91 Å². The minimum atomic E-state index is 0.134. The number of carbonyl (C=O) groups is 1. The van der Waals surface area contributed by atoms with Gasteiger partial charge in [-0.2, -0.15) is 0 Å². The van der Waals surface area contributed by atoms with Crippen LogP contribution in [0.15, 0.2) is 30.3 Å². The van der Waals surface area contributed by atoms with Crippen molar-refractivity contribution in [2.45, 2.75) is 32.5 Å². The molecule has 1 aliphatic heterocycles. The van der Waals surface area contributed by atoms with Crippen molar-refractivity contribution < 1.29 is 9.53 Å². The van der Waals surface area contributed by atoms with Crippen molar-refractivity contribution in [3.8, 4) is 0 Å². The average Bonchev–Trinajstić information content (AvgIpc) is 2.38. The lowest BCUT2D eigenvalue weighted by Gasteiger charge is -2.35. The van der Waals surface area contributed by atoms with Crippen molar-refractivity contribution in [1.29, 1.82) is 0 Å². The van der Waals surface area contributed by atoms with E-state index in [1.165, 1.54) is 0 Å². The molecule has 1 saturated heterocycles. The third-order valence-corrected chi connectivity index (χ3v) is 3.21. The minimum absolute atomic E-state index is 0.134. The Labute approximate surface area is 114 Å². The van der Waals surface area contributed by atoms with E-state index >= 15 is 0 Å². The Morgan fingerprint density at radius 3 is 2.53 bits per heavy atom. The second-order valence-corrected chi connectivity index (χ2v) is 5.10. The van der Waals surface area contributed by atoms with Gasteiger partial charge in [-0.25, -0.2) is 0 Å². The maximum absolute atomic E-state index is 12.1. The SMILES string of the molecule is CC1CN(C(=O)CCNc2ccccc2)CC(C)O1. The Morgan fingerprint density at radius 1 is 1.26 bits per heavy atom. The summed E-state index contributed by atoms with van der Waals surface area (Å²) >= 11 is 0. The first kappa shape index (κ1) is 13.9. The van der Waals surface area contributed by atoms with E-state index < -0.39 is 0 Å². The minimum Gasteiger partial charge on any atom is -0.385 e. The Balaban J connectivity index is 1.75. The predicted molar refractivity (Wildman–Crippen MR) is 76.1 cm³/mol. The van der Waals surface area contributed by atoms with Crippen LogP contribution in [0.4, 0.5) is 5.69 Å². The van der Waals surface area contributed by atoms with E-state index in [-0.39, 0.29) is 18.1 Å². The molecule has 2 rings (SSSR count). The van der Waals surface area contributed by atoms with E-state index in [0.717, 1.165) is 5.69 Å². The summed E-state index contributed by atoms with van der Waals surface area (Å²) in [6.45, 7) is 6.10. The Morgan fingerprint density at radius 2 is 1.89 bits per heavy atom. The molecule has 0 aliphatic carbocycles. The monoisotopic (exact) mass is 262 g/mol. The molecule has 0 saturated carbocycles. The smallest absolute Gasteiger partial charge is 0.224 e. The molecular weight excluding hydrogens is 240 g/mol. The van der Waals surface area contributed by atoms with E-state index in [0.29, 0.717) is 26.1 Å². The number of morpholine rings is 1. The number of benzene rings is 1. The average molecular weight is 262 g/mol. The fourth-order valence-electron chi connectivity index (χ4n) is 2.41. The lowest BCUT2D eigenvalue weighted by atomic mass is 10.2. The molecule has 0 radical (unpaired) electrons. The van der Waals surface area contributed by atoms with Crippen molar-refractivity contribution >= 4 is 11.6 Å². The van der Waals surface area contributed by atoms with Crippen molar-refractivity contribution in [3.63, 3.8) is 0 Å². The number of rotatable bonds is 4. The van der Waals surface area contributed by atoms with Gasteiger partial charge in [-0.1, -0.05) is 18.2 Å². The number of carbonyl (C=O) groups excluding carboxylic acids is 1. The summed E-state index contributed by atoms with van der Waals surface area (Å²) in [4.78, 5) is 14.0. The van der Waals surface area contributed by atoms with Crippen LogP contribution in [0.2, 0.25) is 0 Å². The fourth-order valence-corrected chi connectivity index (χ4v) is 2.41. The van der Waals surface area contributed by atoms with Gasteiger partial charge in [0.15, 0.2) is 0 Å². The molecule has 1 fully saturated rings. The van der Waals surface area contributed by atoms with Gasteiger partial charge >= 0.3 is 0 Å². The van der Waals surface area contributed by atoms with Crippen molar-refractivity contribution in [3.05, 3.63) is 30.3 Å². The Hall–Kier alpha value is -1.55. The summed E-state index contributed by atoms with van der Waals surface area (Å²) in [6, 6.07) is 9.95. The van der Waals surface area contributed by atoms with Crippen molar-refractivity contribution in [2.75, 3.05) is 25.0 Å². The summed E-state index contributed by atoms with van der Waals surface area (Å²) in [7, 11) is 0. The molecule has 4 nitrogen and oxygen atoms in total. The molecule has 0 bridgehead atoms. The van der Waals surface area contributed by atoms with Crippen LogP contribution in [0.5, 0.6) is 0 Å². The maximum atomic E-state index is 12.1. The van der Waals surface area contributed by atoms with E-state index in [1.807, 2.05) is 49.1 Å². The van der Waals surface area contributed by atoms with Crippen molar-refractivity contribution in [2.24, 2.45) is 0 Å². The van der Waals surface area contributed by atoms with Gasteiger partial charge in [-0.05, 0) is 26.0 Å². The van der Waals surface area contributed by atoms with Crippen LogP contribution in [0, 0.1) is 0 Å². The van der Waals surface area contributed by atoms with Gasteiger partial charge in [0.25, 0.3) is 0 Å². The van der Waals surface area contributed by atoms with Crippen LogP contribution < -0.4 is 5.32 Å². The van der Waals surface area contributed by atoms with Crippen LogP contribution in [0.25, 0.3) is 0 Å². The maximum Gasteiger partial charge on any atom is 0.224 e. The van der Waals surface area contributed by atoms with Crippen LogP contribution in [0.1, 0.15) is 20.3 Å². The number of nitrogens with zero attached hydrogens (tertiary/aromatic N) is 1. The normalized spacial score (nSPS) is 23.2. The number of hydrogen-bond donors (Lipinski definition) is 1. The molecule has 1 aromatic carbocycles. The molecule has 1 aromatic rings. The lowest BCUT2D eigenvalue weighted by Crippen LogP contribution is -2.48. The zero-order valence-corrected chi connectivity index (χ0v) is 11.6. The third kappa shape index (κ3) is 4.24. The fraction of sp³-hybridized carbons (Fsp3) is 0.533. The highest BCUT2D eigenvalue weighted by Gasteiger charge is 2.25. The number of nitrogens with one attached hydrogen (secondary N) is 1. The number of ether oxygens (including phenoxy) is 1. The summed E-state index contributed by atoms with van der Waals surface area (Å²) in [5.41, 5.74) is 1.05. The molecule has 1 N–H and O–H groups in total. The number of para-hydroxylation sites is 1. The largest absolute Gasteiger partial charge is 0.385 e. The number of hydrogen-bond acceptors (Lipinski definition) is 3. The summed E-state index contributed by atoms with van der Waals surface area (Å²) in [6.07, 6.45) is 0.790. The first-order valence-electron chi connectivity index (χ1n) is 6.87. The molecule has 104 valence electrons. The van der Waals surface area contributed by atoms with Gasteiger partial charge in [0.1, 0.15) is 0 Å².